The van der Waals surface area contributed by atoms with Crippen molar-refractivity contribution < 1.29 is 14.0 Å². The molecule has 10 heteroatoms. The van der Waals surface area contributed by atoms with Crippen LogP contribution in [0, 0.1) is 0 Å². The summed E-state index contributed by atoms with van der Waals surface area (Å²) in [4.78, 5) is 31.3. The minimum atomic E-state index is -0.178. The lowest BCUT2D eigenvalue weighted by atomic mass is 10.3. The second-order valence-electron chi connectivity index (χ2n) is 7.12. The van der Waals surface area contributed by atoms with Crippen LogP contribution in [-0.4, -0.2) is 34.3 Å². The lowest BCUT2D eigenvalue weighted by molar-refractivity contribution is -0.121. The van der Waals surface area contributed by atoms with Crippen LogP contribution in [0.2, 0.25) is 10.0 Å². The van der Waals surface area contributed by atoms with Gasteiger partial charge in [0.15, 0.2) is 5.13 Å². The fourth-order valence-electron chi connectivity index (χ4n) is 3.03. The third-order valence-corrected chi connectivity index (χ3v) is 6.08. The Morgan fingerprint density at radius 1 is 1.26 bits per heavy atom. The highest BCUT2D eigenvalue weighted by atomic mass is 35.5. The maximum absolute atomic E-state index is 13.0. The molecule has 2 N–H and O–H groups in total. The van der Waals surface area contributed by atoms with Gasteiger partial charge in [-0.3, -0.25) is 9.59 Å². The number of carbonyl (C=O) groups excluding carboxylic acids is 2. The van der Waals surface area contributed by atoms with Crippen molar-refractivity contribution in [3.8, 4) is 0 Å². The maximum Gasteiger partial charge on any atom is 0.273 e. The van der Waals surface area contributed by atoms with Crippen LogP contribution < -0.4 is 10.6 Å². The van der Waals surface area contributed by atoms with Gasteiger partial charge in [-0.15, -0.1) is 11.3 Å². The second-order valence-corrected chi connectivity index (χ2v) is 8.82. The molecular weight excluding hydrogens is 459 g/mol. The highest BCUT2D eigenvalue weighted by molar-refractivity contribution is 7.14. The van der Waals surface area contributed by atoms with Gasteiger partial charge in [0.05, 0.1) is 23.5 Å². The monoisotopic (exact) mass is 478 g/mol. The molecule has 4 rings (SSSR count). The summed E-state index contributed by atoms with van der Waals surface area (Å²) in [6.45, 7) is 0.671. The normalized spacial score (nSPS) is 13.1. The summed E-state index contributed by atoms with van der Waals surface area (Å²) < 4.78 is 5.20. The van der Waals surface area contributed by atoms with Gasteiger partial charge in [-0.05, 0) is 43.2 Å². The average molecular weight is 479 g/mol. The molecule has 2 amide bonds. The number of nitrogens with zero attached hydrogens (tertiary/aromatic N) is 2. The summed E-state index contributed by atoms with van der Waals surface area (Å²) in [6, 6.07) is 8.81. The molecule has 2 heterocycles. The summed E-state index contributed by atoms with van der Waals surface area (Å²) in [5.41, 5.74) is 0.961. The number of halogens is 2. The van der Waals surface area contributed by atoms with Gasteiger partial charge in [-0.2, -0.15) is 0 Å². The minimum Gasteiger partial charge on any atom is -0.467 e. The minimum absolute atomic E-state index is 0.133. The SMILES string of the molecule is O=C(CCN(C(=O)c1csc(Nc2cc(Cl)ccc2Cl)n1)C1CC1)NCc1ccco1. The first-order chi connectivity index (χ1) is 15.0. The molecule has 1 aliphatic rings. The third-order valence-electron chi connectivity index (χ3n) is 4.76. The van der Waals surface area contributed by atoms with Gasteiger partial charge in [0, 0.05) is 29.4 Å². The van der Waals surface area contributed by atoms with Gasteiger partial charge < -0.3 is 20.0 Å². The van der Waals surface area contributed by atoms with E-state index in [-0.39, 0.29) is 24.3 Å². The van der Waals surface area contributed by atoms with Crippen molar-refractivity contribution in [2.75, 3.05) is 11.9 Å². The summed E-state index contributed by atoms with van der Waals surface area (Å²) in [5.74, 6) is 0.375. The number of aromatic nitrogens is 1. The highest BCUT2D eigenvalue weighted by Crippen LogP contribution is 2.32. The number of hydrogen-bond acceptors (Lipinski definition) is 6. The number of amides is 2. The zero-order valence-corrected chi connectivity index (χ0v) is 18.8. The second kappa shape index (κ2) is 9.72. The van der Waals surface area contributed by atoms with E-state index in [0.717, 1.165) is 12.8 Å². The summed E-state index contributed by atoms with van der Waals surface area (Å²) in [6.07, 6.45) is 3.66. The predicted molar refractivity (Wildman–Crippen MR) is 121 cm³/mol. The van der Waals surface area contributed by atoms with Gasteiger partial charge in [0.2, 0.25) is 5.91 Å². The Morgan fingerprint density at radius 3 is 2.84 bits per heavy atom. The summed E-state index contributed by atoms with van der Waals surface area (Å²) >= 11 is 13.5. The molecule has 1 aromatic carbocycles. The van der Waals surface area contributed by atoms with E-state index >= 15 is 0 Å². The van der Waals surface area contributed by atoms with Gasteiger partial charge in [-0.1, -0.05) is 23.2 Å². The lowest BCUT2D eigenvalue weighted by Crippen LogP contribution is -2.37. The molecule has 0 saturated heterocycles. The summed E-state index contributed by atoms with van der Waals surface area (Å²) in [7, 11) is 0. The Morgan fingerprint density at radius 2 is 2.10 bits per heavy atom. The van der Waals surface area contributed by atoms with Crippen molar-refractivity contribution in [3.05, 3.63) is 63.5 Å². The van der Waals surface area contributed by atoms with E-state index in [9.17, 15) is 9.59 Å². The molecule has 1 saturated carbocycles. The van der Waals surface area contributed by atoms with E-state index < -0.39 is 0 Å². The molecule has 162 valence electrons. The van der Waals surface area contributed by atoms with Crippen LogP contribution in [0.15, 0.2) is 46.4 Å². The first-order valence-corrected chi connectivity index (χ1v) is 11.4. The molecular formula is C21H20Cl2N4O3S. The van der Waals surface area contributed by atoms with Crippen molar-refractivity contribution in [1.82, 2.24) is 15.2 Å². The number of furan rings is 1. The van der Waals surface area contributed by atoms with Gasteiger partial charge in [-0.25, -0.2) is 4.98 Å². The van der Waals surface area contributed by atoms with E-state index in [1.807, 2.05) is 0 Å². The highest BCUT2D eigenvalue weighted by Gasteiger charge is 2.34. The van der Waals surface area contributed by atoms with Crippen molar-refractivity contribution >= 4 is 57.2 Å². The Hall–Kier alpha value is -2.55. The molecule has 3 aromatic rings. The smallest absolute Gasteiger partial charge is 0.273 e. The lowest BCUT2D eigenvalue weighted by Gasteiger charge is -2.21. The van der Waals surface area contributed by atoms with Gasteiger partial charge in [0.25, 0.3) is 5.91 Å². The number of benzene rings is 1. The molecule has 0 radical (unpaired) electrons. The molecule has 1 fully saturated rings. The molecule has 1 aliphatic carbocycles. The fourth-order valence-corrected chi connectivity index (χ4v) is 4.06. The van der Waals surface area contributed by atoms with Crippen LogP contribution >= 0.6 is 34.5 Å². The van der Waals surface area contributed by atoms with E-state index in [2.05, 4.69) is 15.6 Å². The molecule has 0 spiro atoms. The topological polar surface area (TPSA) is 87.5 Å². The largest absolute Gasteiger partial charge is 0.467 e. The van der Waals surface area contributed by atoms with Crippen LogP contribution in [0.4, 0.5) is 10.8 Å². The number of thiazole rings is 1. The molecule has 31 heavy (non-hydrogen) atoms. The first kappa shape index (κ1) is 21.7. The molecule has 0 unspecified atom stereocenters. The van der Waals surface area contributed by atoms with E-state index in [0.29, 0.717) is 45.4 Å². The number of hydrogen-bond donors (Lipinski definition) is 2. The first-order valence-electron chi connectivity index (χ1n) is 9.77. The molecule has 2 aromatic heterocycles. The molecule has 7 nitrogen and oxygen atoms in total. The van der Waals surface area contributed by atoms with Crippen molar-refractivity contribution in [1.29, 1.82) is 0 Å². The Kier molecular flexibility index (Phi) is 6.80. The van der Waals surface area contributed by atoms with Crippen LogP contribution in [0.1, 0.15) is 35.5 Å². The molecule has 0 bridgehead atoms. The fraction of sp³-hybridized carbons (Fsp3) is 0.286. The van der Waals surface area contributed by atoms with Crippen molar-refractivity contribution in [3.63, 3.8) is 0 Å². The van der Waals surface area contributed by atoms with E-state index in [4.69, 9.17) is 27.6 Å². The Labute approximate surface area is 193 Å². The number of rotatable bonds is 9. The summed E-state index contributed by atoms with van der Waals surface area (Å²) in [5, 5.41) is 9.20. The van der Waals surface area contributed by atoms with Crippen LogP contribution in [0.25, 0.3) is 0 Å². The average Bonchev–Trinajstić information content (AvgIpc) is 3.25. The quantitative estimate of drug-likeness (QED) is 0.446. The molecule has 0 aliphatic heterocycles. The van der Waals surface area contributed by atoms with E-state index in [1.165, 1.54) is 11.3 Å². The van der Waals surface area contributed by atoms with Crippen molar-refractivity contribution in [2.24, 2.45) is 0 Å². The van der Waals surface area contributed by atoms with Crippen molar-refractivity contribution in [2.45, 2.75) is 31.8 Å². The Balaban J connectivity index is 1.35. The Bertz CT molecular complexity index is 1070. The zero-order chi connectivity index (χ0) is 21.8. The third kappa shape index (κ3) is 5.78. The standard InChI is InChI=1S/C21H20Cl2N4O3S/c22-13-3-6-16(23)17(10-13)25-21-26-18(12-31-21)20(29)27(14-4-5-14)8-7-19(28)24-11-15-2-1-9-30-15/h1-3,6,9-10,12,14H,4-5,7-8,11H2,(H,24,28)(H,25,26). The predicted octanol–water partition coefficient (Wildman–Crippen LogP) is 5.10. The number of carbonyl (C=O) groups is 2. The number of anilines is 2. The molecule has 0 atom stereocenters. The zero-order valence-electron chi connectivity index (χ0n) is 16.4. The van der Waals surface area contributed by atoms with Gasteiger partial charge in [0.1, 0.15) is 11.5 Å². The maximum atomic E-state index is 13.0. The number of nitrogens with one attached hydrogen (secondary N) is 2. The van der Waals surface area contributed by atoms with Crippen LogP contribution in [0.5, 0.6) is 0 Å². The van der Waals surface area contributed by atoms with E-state index in [1.54, 1.807) is 46.9 Å². The van der Waals surface area contributed by atoms with Crippen LogP contribution in [0.3, 0.4) is 0 Å². The van der Waals surface area contributed by atoms with Crippen LogP contribution in [-0.2, 0) is 11.3 Å². The van der Waals surface area contributed by atoms with Gasteiger partial charge >= 0.3 is 0 Å².